The molecule has 150 valence electrons. The Bertz CT molecular complexity index is 1530. The number of aryl methyl sites for hydroxylation is 2. The third-order valence-electron chi connectivity index (χ3n) is 5.34. The molecule has 0 aliphatic heterocycles. The fourth-order valence-corrected chi connectivity index (χ4v) is 5.16. The number of aromatic nitrogens is 3. The lowest BCUT2D eigenvalue weighted by molar-refractivity contribution is 0.846. The third kappa shape index (κ3) is 2.83. The molecule has 2 aromatic carbocycles. The molecule has 0 aliphatic carbocycles. The molecule has 0 spiro atoms. The number of halogens is 2. The molecule has 5 aromatic rings. The molecule has 2 N–H and O–H groups in total. The van der Waals surface area contributed by atoms with E-state index in [2.05, 4.69) is 11.1 Å². The second-order valence-electron chi connectivity index (χ2n) is 7.15. The predicted molar refractivity (Wildman–Crippen MR) is 127 cm³/mol. The maximum absolute atomic E-state index is 13.2. The Morgan fingerprint density at radius 3 is 2.47 bits per heavy atom. The summed E-state index contributed by atoms with van der Waals surface area (Å²) in [5.41, 5.74) is 9.71. The highest BCUT2D eigenvalue weighted by Crippen LogP contribution is 2.35. The molecule has 30 heavy (non-hydrogen) atoms. The number of hydrogen-bond donors (Lipinski definition) is 1. The average Bonchev–Trinajstić information content (AvgIpc) is 3.26. The van der Waals surface area contributed by atoms with E-state index in [1.807, 2.05) is 35.2 Å². The van der Waals surface area contributed by atoms with Gasteiger partial charge in [0.1, 0.15) is 16.5 Å². The molecule has 0 bridgehead atoms. The van der Waals surface area contributed by atoms with Crippen LogP contribution in [0.15, 0.2) is 52.6 Å². The van der Waals surface area contributed by atoms with Crippen LogP contribution in [-0.4, -0.2) is 14.1 Å². The van der Waals surface area contributed by atoms with Crippen LogP contribution in [0.3, 0.4) is 0 Å². The molecule has 0 unspecified atom stereocenters. The first-order chi connectivity index (χ1) is 14.3. The van der Waals surface area contributed by atoms with E-state index >= 15 is 0 Å². The first kappa shape index (κ1) is 19.2. The van der Waals surface area contributed by atoms with Crippen LogP contribution >= 0.6 is 34.5 Å². The normalized spacial score (nSPS) is 11.6. The summed E-state index contributed by atoms with van der Waals surface area (Å²) in [6.45, 7) is 0. The van der Waals surface area contributed by atoms with Crippen LogP contribution in [0.25, 0.3) is 43.6 Å². The Morgan fingerprint density at radius 1 is 0.967 bits per heavy atom. The van der Waals surface area contributed by atoms with E-state index in [-0.39, 0.29) is 5.56 Å². The van der Waals surface area contributed by atoms with Crippen molar-refractivity contribution in [2.45, 2.75) is 0 Å². The van der Waals surface area contributed by atoms with Crippen LogP contribution in [0.5, 0.6) is 0 Å². The minimum atomic E-state index is -0.120. The van der Waals surface area contributed by atoms with E-state index in [0.29, 0.717) is 27.0 Å². The van der Waals surface area contributed by atoms with Crippen molar-refractivity contribution >= 4 is 62.3 Å². The Kier molecular flexibility index (Phi) is 4.39. The van der Waals surface area contributed by atoms with Crippen molar-refractivity contribution in [3.05, 3.63) is 68.2 Å². The first-order valence-electron chi connectivity index (χ1n) is 9.14. The number of thiazole rings is 1. The summed E-state index contributed by atoms with van der Waals surface area (Å²) < 4.78 is 3.69. The van der Waals surface area contributed by atoms with Gasteiger partial charge in [0.25, 0.3) is 5.56 Å². The molecule has 0 aliphatic rings. The van der Waals surface area contributed by atoms with Gasteiger partial charge in [0, 0.05) is 52.0 Å². The van der Waals surface area contributed by atoms with Crippen LogP contribution in [0, 0.1) is 0 Å². The molecule has 5 nitrogen and oxygen atoms in total. The van der Waals surface area contributed by atoms with Gasteiger partial charge < -0.3 is 10.3 Å². The second-order valence-corrected chi connectivity index (χ2v) is 8.85. The Hall–Kier alpha value is -2.80. The number of hydrogen-bond acceptors (Lipinski definition) is 4. The summed E-state index contributed by atoms with van der Waals surface area (Å²) in [7, 11) is 3.74. The van der Waals surface area contributed by atoms with Gasteiger partial charge in [-0.1, -0.05) is 29.3 Å². The van der Waals surface area contributed by atoms with E-state index < -0.39 is 0 Å². The van der Waals surface area contributed by atoms with Crippen molar-refractivity contribution in [1.29, 1.82) is 0 Å². The lowest BCUT2D eigenvalue weighted by Gasteiger charge is -2.09. The highest BCUT2D eigenvalue weighted by Gasteiger charge is 2.18. The Morgan fingerprint density at radius 2 is 1.77 bits per heavy atom. The average molecular weight is 455 g/mol. The highest BCUT2D eigenvalue weighted by atomic mass is 35.5. The Balaban J connectivity index is 1.85. The topological polar surface area (TPSA) is 65.8 Å². The van der Waals surface area contributed by atoms with Gasteiger partial charge in [-0.2, -0.15) is 0 Å². The summed E-state index contributed by atoms with van der Waals surface area (Å²) in [6.07, 6.45) is 0. The van der Waals surface area contributed by atoms with Crippen LogP contribution in [0.1, 0.15) is 0 Å². The molecule has 8 heteroatoms. The van der Waals surface area contributed by atoms with Gasteiger partial charge in [0.2, 0.25) is 0 Å². The summed E-state index contributed by atoms with van der Waals surface area (Å²) in [6, 6.07) is 13.2. The van der Waals surface area contributed by atoms with Crippen molar-refractivity contribution < 1.29 is 0 Å². The largest absolute Gasteiger partial charge is 0.383 e. The maximum Gasteiger partial charge on any atom is 0.259 e. The Labute approximate surface area is 185 Å². The molecule has 3 aromatic heterocycles. The van der Waals surface area contributed by atoms with E-state index in [4.69, 9.17) is 28.9 Å². The molecule has 0 fully saturated rings. The van der Waals surface area contributed by atoms with E-state index in [1.165, 1.54) is 11.3 Å². The minimum absolute atomic E-state index is 0.120. The number of benzene rings is 2. The number of nitrogens with two attached hydrogens (primary N) is 1. The van der Waals surface area contributed by atoms with Gasteiger partial charge in [-0.05, 0) is 36.4 Å². The second kappa shape index (κ2) is 6.87. The van der Waals surface area contributed by atoms with Gasteiger partial charge in [0.05, 0.1) is 10.5 Å². The van der Waals surface area contributed by atoms with Crippen LogP contribution in [0.2, 0.25) is 10.0 Å². The number of anilines is 1. The molecule has 0 amide bonds. The standard InChI is InChI=1S/C22H16Cl2N4OS/c1-27-18-6-3-11(20-26-19(25)10-30-20)7-14(18)15-9-16(22(29)28(2)21(15)27)13-5-4-12(23)8-17(13)24/h3-10H,25H2,1-2H3. The molecule has 0 saturated carbocycles. The molecule has 0 atom stereocenters. The zero-order valence-electron chi connectivity index (χ0n) is 16.1. The predicted octanol–water partition coefficient (Wildman–Crippen LogP) is 5.71. The lowest BCUT2D eigenvalue weighted by Crippen LogP contribution is -2.20. The number of nitrogens with zero attached hydrogens (tertiary/aromatic N) is 3. The quantitative estimate of drug-likeness (QED) is 0.371. The van der Waals surface area contributed by atoms with Crippen molar-refractivity contribution in [2.75, 3.05) is 5.73 Å². The smallest absolute Gasteiger partial charge is 0.259 e. The number of fused-ring (bicyclic) bond motifs is 3. The van der Waals surface area contributed by atoms with E-state index in [1.54, 1.807) is 29.8 Å². The van der Waals surface area contributed by atoms with Gasteiger partial charge >= 0.3 is 0 Å². The molecule has 0 radical (unpaired) electrons. The van der Waals surface area contributed by atoms with Gasteiger partial charge in [-0.15, -0.1) is 11.3 Å². The van der Waals surface area contributed by atoms with Crippen molar-refractivity contribution in [2.24, 2.45) is 14.1 Å². The van der Waals surface area contributed by atoms with Gasteiger partial charge in [-0.3, -0.25) is 9.36 Å². The van der Waals surface area contributed by atoms with Crippen LogP contribution in [0.4, 0.5) is 5.82 Å². The number of rotatable bonds is 2. The summed E-state index contributed by atoms with van der Waals surface area (Å²) in [4.78, 5) is 17.6. The molecule has 5 rings (SSSR count). The zero-order chi connectivity index (χ0) is 21.2. The van der Waals surface area contributed by atoms with Gasteiger partial charge in [0.15, 0.2) is 0 Å². The maximum atomic E-state index is 13.2. The van der Waals surface area contributed by atoms with Gasteiger partial charge in [-0.25, -0.2) is 4.98 Å². The monoisotopic (exact) mass is 454 g/mol. The number of pyridine rings is 1. The highest BCUT2D eigenvalue weighted by molar-refractivity contribution is 7.13. The van der Waals surface area contributed by atoms with Crippen LogP contribution < -0.4 is 11.3 Å². The minimum Gasteiger partial charge on any atom is -0.383 e. The molecular weight excluding hydrogens is 439 g/mol. The molecule has 3 heterocycles. The molecular formula is C22H16Cl2N4OS. The van der Waals surface area contributed by atoms with Crippen molar-refractivity contribution in [1.82, 2.24) is 14.1 Å². The third-order valence-corrected chi connectivity index (χ3v) is 6.80. The summed E-state index contributed by atoms with van der Waals surface area (Å²) in [5.74, 6) is 0.509. The summed E-state index contributed by atoms with van der Waals surface area (Å²) in [5, 5.41) is 5.64. The van der Waals surface area contributed by atoms with Crippen LogP contribution in [-0.2, 0) is 14.1 Å². The summed E-state index contributed by atoms with van der Waals surface area (Å²) >= 11 is 14.0. The lowest BCUT2D eigenvalue weighted by atomic mass is 10.0. The molecule has 0 saturated heterocycles. The van der Waals surface area contributed by atoms with E-state index in [9.17, 15) is 4.79 Å². The van der Waals surface area contributed by atoms with Crippen molar-refractivity contribution in [3.63, 3.8) is 0 Å². The van der Waals surface area contributed by atoms with Crippen molar-refractivity contribution in [3.8, 4) is 21.7 Å². The number of nitrogen functional groups attached to an aromatic ring is 1. The fraction of sp³-hybridized carbons (Fsp3) is 0.0909. The van der Waals surface area contributed by atoms with E-state index in [0.717, 1.165) is 32.5 Å². The first-order valence-corrected chi connectivity index (χ1v) is 10.8. The fourth-order valence-electron chi connectivity index (χ4n) is 3.94. The SMILES string of the molecule is Cn1c(=O)c(-c2ccc(Cl)cc2Cl)cc2c3cc(-c4nc(N)cs4)ccc3n(C)c21. The zero-order valence-corrected chi connectivity index (χ0v) is 18.4.